The smallest absolute Gasteiger partial charge is 0.303 e. The van der Waals surface area contributed by atoms with Gasteiger partial charge in [-0.15, -0.1) is 0 Å². The fourth-order valence-electron chi connectivity index (χ4n) is 9.55. The zero-order valence-electron chi connectivity index (χ0n) is 24.8. The normalized spacial score (nSPS) is 44.0. The predicted octanol–water partition coefficient (Wildman–Crippen LogP) is 6.23. The lowest BCUT2D eigenvalue weighted by Gasteiger charge is -2.66. The Kier molecular flexibility index (Phi) is 7.39. The largest absolute Gasteiger partial charge is 0.458 e. The van der Waals surface area contributed by atoms with Crippen molar-refractivity contribution in [1.82, 2.24) is 0 Å². The Morgan fingerprint density at radius 2 is 1.81 bits per heavy atom. The van der Waals surface area contributed by atoms with Gasteiger partial charge in [0.15, 0.2) is 0 Å². The number of allylic oxidation sites excluding steroid dienone is 1. The molecule has 0 amide bonds. The summed E-state index contributed by atoms with van der Waals surface area (Å²) in [5.74, 6) is 1.07. The number of hydrogen-bond donors (Lipinski definition) is 2. The number of carbonyl (C=O) groups excluding carboxylic acids is 1. The van der Waals surface area contributed by atoms with Crippen LogP contribution in [0.3, 0.4) is 0 Å². The van der Waals surface area contributed by atoms with Crippen molar-refractivity contribution in [3.8, 4) is 0 Å². The van der Waals surface area contributed by atoms with Crippen LogP contribution in [0.25, 0.3) is 0 Å². The standard InChI is InChI=1S/C32H52O5/c1-20(11-10-15-28(3,4)35)22-14-16-31(8)27-25(37-21(2)33)19-24-23(12-13-26(34)29(24,5)6)32(27,36-9)18-17-30(22,31)7/h10,15,19-20,22-23,25-27,34-35H,11-14,16-18H2,1-9H3/b15-10+/t20-,22-,23-,25+,26+,27+,30-,31+,32-/m1/s1. The van der Waals surface area contributed by atoms with Gasteiger partial charge in [-0.3, -0.25) is 4.79 Å². The highest BCUT2D eigenvalue weighted by Crippen LogP contribution is 2.73. The second kappa shape index (κ2) is 9.48. The van der Waals surface area contributed by atoms with Crippen LogP contribution in [0.5, 0.6) is 0 Å². The lowest BCUT2D eigenvalue weighted by atomic mass is 9.41. The number of rotatable bonds is 6. The number of aliphatic hydroxyl groups is 2. The molecule has 0 aliphatic heterocycles. The van der Waals surface area contributed by atoms with E-state index < -0.39 is 17.3 Å². The van der Waals surface area contributed by atoms with Crippen LogP contribution < -0.4 is 0 Å². The molecule has 0 spiro atoms. The van der Waals surface area contributed by atoms with Gasteiger partial charge in [-0.2, -0.15) is 0 Å². The molecule has 5 heteroatoms. The van der Waals surface area contributed by atoms with E-state index in [-0.39, 0.29) is 40.2 Å². The van der Waals surface area contributed by atoms with Gasteiger partial charge in [-0.1, -0.05) is 52.3 Å². The first-order chi connectivity index (χ1) is 17.0. The fraction of sp³-hybridized carbons (Fsp3) is 0.844. The SMILES string of the molecule is CO[C@@]12CC[C@]3(C)[C@@H]([C@H](C)C/C=C/C(C)(C)O)CC[C@@]3(C)[C@@H]1[C@@H](OC(C)=O)C=C1[C@H]2CC[C@H](O)C1(C)C. The highest BCUT2D eigenvalue weighted by Gasteiger charge is 2.71. The van der Waals surface area contributed by atoms with E-state index in [4.69, 9.17) is 9.47 Å². The lowest BCUT2D eigenvalue weighted by molar-refractivity contribution is -0.239. The van der Waals surface area contributed by atoms with Crippen LogP contribution in [-0.2, 0) is 14.3 Å². The van der Waals surface area contributed by atoms with Gasteiger partial charge in [0.2, 0.25) is 0 Å². The summed E-state index contributed by atoms with van der Waals surface area (Å²) in [6.45, 7) is 16.7. The quantitative estimate of drug-likeness (QED) is 0.323. The molecule has 4 rings (SSSR count). The number of carbonyl (C=O) groups is 1. The third kappa shape index (κ3) is 4.45. The molecular formula is C32H52O5. The van der Waals surface area contributed by atoms with Crippen LogP contribution in [0.1, 0.15) is 100 Å². The average Bonchev–Trinajstić information content (AvgIpc) is 3.06. The van der Waals surface area contributed by atoms with Crippen molar-refractivity contribution in [1.29, 1.82) is 0 Å². The van der Waals surface area contributed by atoms with Crippen molar-refractivity contribution in [2.45, 2.75) is 124 Å². The fourth-order valence-corrected chi connectivity index (χ4v) is 9.55. The summed E-state index contributed by atoms with van der Waals surface area (Å²) in [5.41, 5.74) is -0.324. The summed E-state index contributed by atoms with van der Waals surface area (Å²) < 4.78 is 12.8. The first kappa shape index (κ1) is 28.8. The summed E-state index contributed by atoms with van der Waals surface area (Å²) >= 11 is 0. The molecule has 0 aromatic rings. The molecule has 0 saturated heterocycles. The second-order valence-electron chi connectivity index (χ2n) is 14.4. The van der Waals surface area contributed by atoms with Crippen LogP contribution in [0, 0.1) is 39.9 Å². The minimum Gasteiger partial charge on any atom is -0.458 e. The maximum absolute atomic E-state index is 12.4. The minimum atomic E-state index is -0.790. The Hall–Kier alpha value is -1.17. The number of esters is 1. The Labute approximate surface area is 225 Å². The Morgan fingerprint density at radius 1 is 1.14 bits per heavy atom. The molecule has 0 aromatic heterocycles. The van der Waals surface area contributed by atoms with E-state index in [1.165, 1.54) is 12.5 Å². The van der Waals surface area contributed by atoms with Gasteiger partial charge in [-0.05, 0) is 87.5 Å². The number of ether oxygens (including phenoxy) is 2. The number of methoxy groups -OCH3 is 1. The molecule has 2 N–H and O–H groups in total. The minimum absolute atomic E-state index is 0.0531. The third-order valence-corrected chi connectivity index (χ3v) is 11.7. The molecule has 3 saturated carbocycles. The van der Waals surface area contributed by atoms with E-state index in [0.717, 1.165) is 44.9 Å². The van der Waals surface area contributed by atoms with Crippen LogP contribution >= 0.6 is 0 Å². The van der Waals surface area contributed by atoms with Crippen molar-refractivity contribution < 1.29 is 24.5 Å². The molecule has 37 heavy (non-hydrogen) atoms. The molecule has 0 unspecified atom stereocenters. The lowest BCUT2D eigenvalue weighted by Crippen LogP contribution is -2.68. The Bertz CT molecular complexity index is 943. The van der Waals surface area contributed by atoms with Crippen LogP contribution in [0.4, 0.5) is 0 Å². The summed E-state index contributed by atoms with van der Waals surface area (Å²) in [4.78, 5) is 12.4. The first-order valence-electron chi connectivity index (χ1n) is 14.6. The van der Waals surface area contributed by atoms with E-state index in [1.54, 1.807) is 0 Å². The molecule has 0 radical (unpaired) electrons. The van der Waals surface area contributed by atoms with E-state index in [9.17, 15) is 15.0 Å². The van der Waals surface area contributed by atoms with Gasteiger partial charge in [0.25, 0.3) is 0 Å². The summed E-state index contributed by atoms with van der Waals surface area (Å²) in [6.07, 6.45) is 12.4. The van der Waals surface area contributed by atoms with Gasteiger partial charge in [0, 0.05) is 31.3 Å². The zero-order valence-corrected chi connectivity index (χ0v) is 24.8. The topological polar surface area (TPSA) is 76.0 Å². The van der Waals surface area contributed by atoms with E-state index in [0.29, 0.717) is 11.8 Å². The van der Waals surface area contributed by atoms with Gasteiger partial charge >= 0.3 is 5.97 Å². The molecule has 3 fully saturated rings. The molecule has 4 aliphatic rings. The maximum Gasteiger partial charge on any atom is 0.303 e. The molecular weight excluding hydrogens is 464 g/mol. The van der Waals surface area contributed by atoms with Crippen molar-refractivity contribution in [2.24, 2.45) is 39.9 Å². The van der Waals surface area contributed by atoms with Crippen molar-refractivity contribution >= 4 is 5.97 Å². The zero-order chi connectivity index (χ0) is 27.6. The van der Waals surface area contributed by atoms with E-state index in [1.807, 2.05) is 27.0 Å². The predicted molar refractivity (Wildman–Crippen MR) is 147 cm³/mol. The van der Waals surface area contributed by atoms with Crippen LogP contribution in [0.2, 0.25) is 0 Å². The van der Waals surface area contributed by atoms with E-state index in [2.05, 4.69) is 46.8 Å². The maximum atomic E-state index is 12.4. The Balaban J connectivity index is 1.77. The summed E-state index contributed by atoms with van der Waals surface area (Å²) in [7, 11) is 1.86. The molecule has 0 bridgehead atoms. The molecule has 210 valence electrons. The highest BCUT2D eigenvalue weighted by molar-refractivity contribution is 5.66. The van der Waals surface area contributed by atoms with Crippen molar-refractivity contribution in [3.05, 3.63) is 23.8 Å². The van der Waals surface area contributed by atoms with Gasteiger partial charge in [0.05, 0.1) is 17.3 Å². The molecule has 0 aromatic carbocycles. The summed E-state index contributed by atoms with van der Waals surface area (Å²) in [6, 6.07) is 0. The average molecular weight is 517 g/mol. The Morgan fingerprint density at radius 3 is 2.41 bits per heavy atom. The molecule has 4 aliphatic carbocycles. The number of aliphatic hydroxyl groups excluding tert-OH is 1. The summed E-state index contributed by atoms with van der Waals surface area (Å²) in [5, 5.41) is 21.1. The third-order valence-electron chi connectivity index (χ3n) is 11.7. The van der Waals surface area contributed by atoms with Gasteiger partial charge in [0.1, 0.15) is 6.10 Å². The van der Waals surface area contributed by atoms with Gasteiger partial charge < -0.3 is 19.7 Å². The van der Waals surface area contributed by atoms with Crippen LogP contribution in [0.15, 0.2) is 23.8 Å². The van der Waals surface area contributed by atoms with E-state index >= 15 is 0 Å². The second-order valence-corrected chi connectivity index (χ2v) is 14.4. The van der Waals surface area contributed by atoms with Crippen LogP contribution in [-0.4, -0.2) is 46.7 Å². The molecule has 9 atom stereocenters. The molecule has 5 nitrogen and oxygen atoms in total. The van der Waals surface area contributed by atoms with Gasteiger partial charge in [-0.25, -0.2) is 0 Å². The highest BCUT2D eigenvalue weighted by atomic mass is 16.5. The number of hydrogen-bond acceptors (Lipinski definition) is 5. The van der Waals surface area contributed by atoms with Crippen molar-refractivity contribution in [2.75, 3.05) is 7.11 Å². The number of fused-ring (bicyclic) bond motifs is 5. The van der Waals surface area contributed by atoms with Crippen molar-refractivity contribution in [3.63, 3.8) is 0 Å². The monoisotopic (exact) mass is 516 g/mol. The molecule has 0 heterocycles. The first-order valence-corrected chi connectivity index (χ1v) is 14.6.